The second-order valence-corrected chi connectivity index (χ2v) is 6.02. The first-order chi connectivity index (χ1) is 5.39. The molecule has 0 radical (unpaired) electrons. The van der Waals surface area contributed by atoms with E-state index in [1.54, 1.807) is 0 Å². The van der Waals surface area contributed by atoms with E-state index >= 15 is 0 Å². The van der Waals surface area contributed by atoms with Gasteiger partial charge in [-0.05, 0) is 25.6 Å². The van der Waals surface area contributed by atoms with Gasteiger partial charge in [0.05, 0.1) is 0 Å². The fraction of sp³-hybridized carbons (Fsp3) is 0.333. The minimum absolute atomic E-state index is 0.681. The quantitative estimate of drug-likeness (QED) is 0.623. The Morgan fingerprint density at radius 3 is 1.75 bits per heavy atom. The Kier molecular flexibility index (Phi) is 2.37. The van der Waals surface area contributed by atoms with E-state index in [1.165, 1.54) is 6.55 Å². The molecule has 0 saturated carbocycles. The number of hydrogen-bond donors (Lipinski definition) is 2. The molecule has 1 aromatic carbocycles. The topological polar surface area (TPSA) is 40.5 Å². The second-order valence-electron chi connectivity index (χ2n) is 3.40. The maximum absolute atomic E-state index is 9.43. The van der Waals surface area contributed by atoms with Gasteiger partial charge in [0.15, 0.2) is 0 Å². The Balaban J connectivity index is 3.18. The van der Waals surface area contributed by atoms with Gasteiger partial charge in [-0.15, -0.1) is 0 Å². The van der Waals surface area contributed by atoms with E-state index in [0.29, 0.717) is 5.19 Å². The van der Waals surface area contributed by atoms with Crippen LogP contribution in [-0.2, 0) is 0 Å². The van der Waals surface area contributed by atoms with Crippen molar-refractivity contribution in [3.05, 3.63) is 29.3 Å². The van der Waals surface area contributed by atoms with Gasteiger partial charge in [-0.3, -0.25) is 0 Å². The van der Waals surface area contributed by atoms with Crippen LogP contribution in [0.25, 0.3) is 0 Å². The molecular formula is C9H14O2Si. The zero-order chi connectivity index (χ0) is 9.35. The molecule has 2 nitrogen and oxygen atoms in total. The van der Waals surface area contributed by atoms with Crippen LogP contribution in [0.3, 0.4) is 0 Å². The summed E-state index contributed by atoms with van der Waals surface area (Å²) in [6.45, 7) is 5.41. The smallest absolute Gasteiger partial charge is 0.363 e. The third-order valence-corrected chi connectivity index (χ3v) is 3.15. The molecule has 0 amide bonds. The lowest BCUT2D eigenvalue weighted by atomic mass is 10.2. The standard InChI is InChI=1S/C9H14O2Si/c1-7-4-8(2)6-9(5-7)12(3,10)11/h4-6,10-11H,1-3H3. The van der Waals surface area contributed by atoms with Gasteiger partial charge in [0.25, 0.3) is 0 Å². The second kappa shape index (κ2) is 3.01. The first-order valence-electron chi connectivity index (χ1n) is 3.93. The van der Waals surface area contributed by atoms with Gasteiger partial charge >= 0.3 is 8.56 Å². The van der Waals surface area contributed by atoms with Crippen molar-refractivity contribution < 1.29 is 9.59 Å². The van der Waals surface area contributed by atoms with Gasteiger partial charge in [0.1, 0.15) is 0 Å². The summed E-state index contributed by atoms with van der Waals surface area (Å²) in [6.07, 6.45) is 0. The monoisotopic (exact) mass is 182 g/mol. The molecule has 0 heterocycles. The predicted molar refractivity (Wildman–Crippen MR) is 51.6 cm³/mol. The minimum atomic E-state index is -3.10. The summed E-state index contributed by atoms with van der Waals surface area (Å²) < 4.78 is 0. The average molecular weight is 182 g/mol. The molecule has 0 spiro atoms. The summed E-state index contributed by atoms with van der Waals surface area (Å²) in [5.41, 5.74) is 2.15. The molecule has 1 rings (SSSR count). The number of benzene rings is 1. The molecule has 1 aromatic rings. The Morgan fingerprint density at radius 2 is 1.42 bits per heavy atom. The van der Waals surface area contributed by atoms with E-state index in [1.807, 2.05) is 32.0 Å². The van der Waals surface area contributed by atoms with Crippen molar-refractivity contribution in [3.63, 3.8) is 0 Å². The van der Waals surface area contributed by atoms with Crippen molar-refractivity contribution >= 4 is 13.7 Å². The third-order valence-electron chi connectivity index (χ3n) is 1.77. The predicted octanol–water partition coefficient (Wildman–Crippen LogP) is 0.567. The van der Waals surface area contributed by atoms with Crippen LogP contribution in [0.15, 0.2) is 18.2 Å². The lowest BCUT2D eigenvalue weighted by molar-refractivity contribution is 0.392. The zero-order valence-electron chi connectivity index (χ0n) is 7.63. The van der Waals surface area contributed by atoms with Crippen molar-refractivity contribution in [3.8, 4) is 0 Å². The maximum Gasteiger partial charge on any atom is 0.363 e. The van der Waals surface area contributed by atoms with Crippen molar-refractivity contribution in [2.45, 2.75) is 20.4 Å². The molecule has 66 valence electrons. The zero-order valence-corrected chi connectivity index (χ0v) is 8.63. The normalized spacial score (nSPS) is 11.8. The molecule has 0 saturated heterocycles. The number of hydrogen-bond acceptors (Lipinski definition) is 2. The van der Waals surface area contributed by atoms with Gasteiger partial charge < -0.3 is 9.59 Å². The van der Waals surface area contributed by atoms with Crippen molar-refractivity contribution in [2.75, 3.05) is 0 Å². The molecule has 3 heteroatoms. The SMILES string of the molecule is Cc1cc(C)cc([Si](C)(O)O)c1. The first-order valence-corrected chi connectivity index (χ1v) is 6.32. The van der Waals surface area contributed by atoms with E-state index in [4.69, 9.17) is 0 Å². The van der Waals surface area contributed by atoms with Gasteiger partial charge in [0.2, 0.25) is 0 Å². The fourth-order valence-corrected chi connectivity index (χ4v) is 2.25. The molecule has 0 unspecified atom stereocenters. The van der Waals surface area contributed by atoms with Crippen LogP contribution in [-0.4, -0.2) is 18.2 Å². The highest BCUT2D eigenvalue weighted by atomic mass is 28.4. The minimum Gasteiger partial charge on any atom is -0.408 e. The van der Waals surface area contributed by atoms with E-state index in [2.05, 4.69) is 0 Å². The Labute approximate surface area is 73.7 Å². The maximum atomic E-state index is 9.43. The van der Waals surface area contributed by atoms with Gasteiger partial charge in [-0.1, -0.05) is 29.3 Å². The number of rotatable bonds is 1. The van der Waals surface area contributed by atoms with E-state index in [9.17, 15) is 9.59 Å². The molecule has 0 fully saturated rings. The fourth-order valence-electron chi connectivity index (χ4n) is 1.25. The lowest BCUT2D eigenvalue weighted by Crippen LogP contribution is -2.45. The number of aryl methyl sites for hydroxylation is 2. The van der Waals surface area contributed by atoms with Gasteiger partial charge in [-0.2, -0.15) is 0 Å². The Morgan fingerprint density at radius 1 is 1.00 bits per heavy atom. The molecule has 0 aliphatic heterocycles. The van der Waals surface area contributed by atoms with Crippen LogP contribution in [0.5, 0.6) is 0 Å². The molecular weight excluding hydrogens is 168 g/mol. The highest BCUT2D eigenvalue weighted by Gasteiger charge is 2.24. The van der Waals surface area contributed by atoms with Crippen LogP contribution in [0.1, 0.15) is 11.1 Å². The largest absolute Gasteiger partial charge is 0.408 e. The van der Waals surface area contributed by atoms with Crippen LogP contribution in [0, 0.1) is 13.8 Å². The van der Waals surface area contributed by atoms with Gasteiger partial charge in [-0.25, -0.2) is 0 Å². The molecule has 0 aromatic heterocycles. The molecule has 0 bridgehead atoms. The molecule has 2 N–H and O–H groups in total. The summed E-state index contributed by atoms with van der Waals surface area (Å²) in [6, 6.07) is 5.68. The van der Waals surface area contributed by atoms with Crippen molar-refractivity contribution in [1.29, 1.82) is 0 Å². The van der Waals surface area contributed by atoms with Crippen LogP contribution < -0.4 is 5.19 Å². The highest BCUT2D eigenvalue weighted by molar-refractivity contribution is 6.77. The van der Waals surface area contributed by atoms with Crippen LogP contribution in [0.2, 0.25) is 6.55 Å². The highest BCUT2D eigenvalue weighted by Crippen LogP contribution is 2.03. The average Bonchev–Trinajstić information content (AvgIpc) is 1.82. The molecule has 12 heavy (non-hydrogen) atoms. The lowest BCUT2D eigenvalue weighted by Gasteiger charge is -2.13. The molecule has 0 aliphatic rings. The van der Waals surface area contributed by atoms with Crippen molar-refractivity contribution in [2.24, 2.45) is 0 Å². The molecule has 0 atom stereocenters. The third kappa shape index (κ3) is 2.17. The summed E-state index contributed by atoms with van der Waals surface area (Å²) in [5, 5.41) is 0.681. The molecule has 0 aliphatic carbocycles. The van der Waals surface area contributed by atoms with Crippen LogP contribution in [0.4, 0.5) is 0 Å². The summed E-state index contributed by atoms with van der Waals surface area (Å²) in [5.74, 6) is 0. The van der Waals surface area contributed by atoms with E-state index in [-0.39, 0.29) is 0 Å². The summed E-state index contributed by atoms with van der Waals surface area (Å²) >= 11 is 0. The summed E-state index contributed by atoms with van der Waals surface area (Å²) in [7, 11) is -3.10. The Bertz CT molecular complexity index is 269. The summed E-state index contributed by atoms with van der Waals surface area (Å²) in [4.78, 5) is 18.9. The van der Waals surface area contributed by atoms with Crippen molar-refractivity contribution in [1.82, 2.24) is 0 Å². The van der Waals surface area contributed by atoms with Crippen LogP contribution >= 0.6 is 0 Å². The first kappa shape index (κ1) is 9.44. The van der Waals surface area contributed by atoms with Gasteiger partial charge in [0, 0.05) is 0 Å². The Hall–Kier alpha value is -0.643. The van der Waals surface area contributed by atoms with E-state index in [0.717, 1.165) is 11.1 Å². The van der Waals surface area contributed by atoms with E-state index < -0.39 is 8.56 Å².